The van der Waals surface area contributed by atoms with E-state index < -0.39 is 0 Å². The van der Waals surface area contributed by atoms with Crippen LogP contribution in [-0.4, -0.2) is 16.7 Å². The zero-order valence-corrected chi connectivity index (χ0v) is 11.4. The Morgan fingerprint density at radius 2 is 1.63 bits per heavy atom. The van der Waals surface area contributed by atoms with Crippen LogP contribution in [-0.2, 0) is 9.59 Å². The van der Waals surface area contributed by atoms with Crippen molar-refractivity contribution in [2.24, 2.45) is 5.92 Å². The van der Waals surface area contributed by atoms with Crippen LogP contribution in [0, 0.1) is 12.8 Å². The zero-order valence-electron chi connectivity index (χ0n) is 11.4. The van der Waals surface area contributed by atoms with Gasteiger partial charge in [0.05, 0.1) is 6.04 Å². The molecule has 0 saturated carbocycles. The van der Waals surface area contributed by atoms with Gasteiger partial charge in [-0.25, -0.2) is 0 Å². The summed E-state index contributed by atoms with van der Waals surface area (Å²) in [6.45, 7) is 6.32. The fourth-order valence-corrected chi connectivity index (χ4v) is 3.27. The number of carbonyl (C=O) groups is 2. The predicted octanol–water partition coefficient (Wildman–Crippen LogP) is 2.71. The molecular formula is C16H17NO2. The highest BCUT2D eigenvalue weighted by Crippen LogP contribution is 2.48. The van der Waals surface area contributed by atoms with Crippen molar-refractivity contribution in [3.63, 3.8) is 0 Å². The Morgan fingerprint density at radius 3 is 2.26 bits per heavy atom. The fraction of sp³-hybridized carbons (Fsp3) is 0.375. The van der Waals surface area contributed by atoms with Gasteiger partial charge >= 0.3 is 0 Å². The Labute approximate surface area is 112 Å². The predicted molar refractivity (Wildman–Crippen MR) is 72.5 cm³/mol. The van der Waals surface area contributed by atoms with Gasteiger partial charge in [0.15, 0.2) is 0 Å². The minimum Gasteiger partial charge on any atom is -0.269 e. The van der Waals surface area contributed by atoms with Crippen molar-refractivity contribution in [1.29, 1.82) is 0 Å². The van der Waals surface area contributed by atoms with Crippen LogP contribution in [0.1, 0.15) is 42.5 Å². The first-order chi connectivity index (χ1) is 9.00. The third kappa shape index (κ3) is 1.65. The van der Waals surface area contributed by atoms with Gasteiger partial charge in [0, 0.05) is 12.2 Å². The maximum absolute atomic E-state index is 11.9. The molecule has 0 spiro atoms. The SMILES string of the molecule is Cc1ccc2c(c1)[C@@H](N1C(=O)C=CC1=O)[C@@H](C)[C@@H]2C. The molecule has 0 fully saturated rings. The van der Waals surface area contributed by atoms with Crippen molar-refractivity contribution in [3.8, 4) is 0 Å². The van der Waals surface area contributed by atoms with E-state index in [1.807, 2.05) is 6.92 Å². The molecule has 0 N–H and O–H groups in total. The summed E-state index contributed by atoms with van der Waals surface area (Å²) in [5.74, 6) is 0.234. The van der Waals surface area contributed by atoms with Gasteiger partial charge < -0.3 is 0 Å². The Kier molecular flexibility index (Phi) is 2.59. The highest BCUT2D eigenvalue weighted by molar-refractivity contribution is 6.13. The molecule has 3 atom stereocenters. The Morgan fingerprint density at radius 1 is 1.00 bits per heavy atom. The van der Waals surface area contributed by atoms with Gasteiger partial charge in [-0.2, -0.15) is 0 Å². The first-order valence-electron chi connectivity index (χ1n) is 6.66. The van der Waals surface area contributed by atoms with Crippen molar-refractivity contribution in [1.82, 2.24) is 4.90 Å². The van der Waals surface area contributed by atoms with E-state index in [0.29, 0.717) is 5.92 Å². The molecule has 0 bridgehead atoms. The van der Waals surface area contributed by atoms with Crippen molar-refractivity contribution >= 4 is 11.8 Å². The number of imide groups is 1. The minimum atomic E-state index is -0.191. The van der Waals surface area contributed by atoms with Crippen LogP contribution in [0.3, 0.4) is 0 Å². The third-order valence-corrected chi connectivity index (χ3v) is 4.46. The first-order valence-corrected chi connectivity index (χ1v) is 6.66. The lowest BCUT2D eigenvalue weighted by atomic mass is 9.94. The van der Waals surface area contributed by atoms with Gasteiger partial charge in [0.1, 0.15) is 0 Å². The summed E-state index contributed by atoms with van der Waals surface area (Å²) in [5, 5.41) is 0. The quantitative estimate of drug-likeness (QED) is 0.723. The highest BCUT2D eigenvalue weighted by Gasteiger charge is 2.43. The molecule has 98 valence electrons. The van der Waals surface area contributed by atoms with Crippen LogP contribution in [0.2, 0.25) is 0 Å². The standard InChI is InChI=1S/C16H17NO2/c1-9-4-5-12-10(2)11(3)16(13(12)8-9)17-14(18)6-7-15(17)19/h4-8,10-11,16H,1-3H3/t10-,11-,16-/m0/s1. The molecule has 0 aromatic heterocycles. The molecule has 3 nitrogen and oxygen atoms in total. The van der Waals surface area contributed by atoms with E-state index in [0.717, 1.165) is 11.1 Å². The average molecular weight is 255 g/mol. The minimum absolute atomic E-state index is 0.125. The summed E-state index contributed by atoms with van der Waals surface area (Å²) in [7, 11) is 0. The molecule has 1 aliphatic carbocycles. The normalized spacial score (nSPS) is 29.2. The number of rotatable bonds is 1. The molecule has 19 heavy (non-hydrogen) atoms. The van der Waals surface area contributed by atoms with Crippen LogP contribution < -0.4 is 0 Å². The van der Waals surface area contributed by atoms with Gasteiger partial charge in [-0.05, 0) is 29.9 Å². The van der Waals surface area contributed by atoms with Crippen molar-refractivity contribution in [2.75, 3.05) is 0 Å². The number of amides is 2. The van der Waals surface area contributed by atoms with Crippen LogP contribution in [0.15, 0.2) is 30.4 Å². The van der Waals surface area contributed by atoms with Crippen LogP contribution in [0.4, 0.5) is 0 Å². The third-order valence-electron chi connectivity index (χ3n) is 4.46. The second kappa shape index (κ2) is 4.05. The monoisotopic (exact) mass is 255 g/mol. The maximum Gasteiger partial charge on any atom is 0.254 e. The van der Waals surface area contributed by atoms with Crippen molar-refractivity contribution < 1.29 is 9.59 Å². The molecule has 3 rings (SSSR count). The van der Waals surface area contributed by atoms with Crippen molar-refractivity contribution in [3.05, 3.63) is 47.0 Å². The fourth-order valence-electron chi connectivity index (χ4n) is 3.27. The van der Waals surface area contributed by atoms with Gasteiger partial charge in [-0.15, -0.1) is 0 Å². The van der Waals surface area contributed by atoms with Gasteiger partial charge in [-0.3, -0.25) is 14.5 Å². The number of aryl methyl sites for hydroxylation is 1. The molecule has 1 aromatic rings. The topological polar surface area (TPSA) is 37.4 Å². The average Bonchev–Trinajstić information content (AvgIpc) is 2.80. The summed E-state index contributed by atoms with van der Waals surface area (Å²) in [4.78, 5) is 25.3. The second-order valence-electron chi connectivity index (χ2n) is 5.60. The van der Waals surface area contributed by atoms with E-state index in [9.17, 15) is 9.59 Å². The molecule has 0 saturated heterocycles. The molecule has 1 aromatic carbocycles. The lowest BCUT2D eigenvalue weighted by Gasteiger charge is -2.28. The van der Waals surface area contributed by atoms with Crippen LogP contribution in [0.25, 0.3) is 0 Å². The number of benzene rings is 1. The lowest BCUT2D eigenvalue weighted by molar-refractivity contribution is -0.140. The molecule has 1 aliphatic heterocycles. The second-order valence-corrected chi connectivity index (χ2v) is 5.60. The zero-order chi connectivity index (χ0) is 13.7. The summed E-state index contributed by atoms with van der Waals surface area (Å²) in [6, 6.07) is 6.21. The van der Waals surface area contributed by atoms with Gasteiger partial charge in [-0.1, -0.05) is 37.6 Å². The van der Waals surface area contributed by atoms with E-state index in [-0.39, 0.29) is 23.8 Å². The Hall–Kier alpha value is -1.90. The van der Waals surface area contributed by atoms with E-state index >= 15 is 0 Å². The maximum atomic E-state index is 11.9. The number of fused-ring (bicyclic) bond motifs is 1. The molecule has 0 unspecified atom stereocenters. The summed E-state index contributed by atoms with van der Waals surface area (Å²) >= 11 is 0. The molecule has 2 amide bonds. The number of hydrogen-bond acceptors (Lipinski definition) is 2. The first kappa shape index (κ1) is 12.2. The largest absolute Gasteiger partial charge is 0.269 e. The van der Waals surface area contributed by atoms with Crippen LogP contribution in [0.5, 0.6) is 0 Å². The number of hydrogen-bond donors (Lipinski definition) is 0. The Bertz CT molecular complexity index is 585. The molecule has 1 heterocycles. The summed E-state index contributed by atoms with van der Waals surface area (Å²) in [5.41, 5.74) is 3.55. The van der Waals surface area contributed by atoms with Crippen molar-refractivity contribution in [2.45, 2.75) is 32.7 Å². The lowest BCUT2D eigenvalue weighted by Crippen LogP contribution is -2.36. The van der Waals surface area contributed by atoms with E-state index in [4.69, 9.17) is 0 Å². The summed E-state index contributed by atoms with van der Waals surface area (Å²) in [6.07, 6.45) is 2.74. The summed E-state index contributed by atoms with van der Waals surface area (Å²) < 4.78 is 0. The van der Waals surface area contributed by atoms with E-state index in [1.165, 1.54) is 22.6 Å². The molecule has 3 heteroatoms. The van der Waals surface area contributed by atoms with E-state index in [1.54, 1.807) is 0 Å². The number of nitrogens with zero attached hydrogens (tertiary/aromatic N) is 1. The van der Waals surface area contributed by atoms with Gasteiger partial charge in [0.25, 0.3) is 11.8 Å². The van der Waals surface area contributed by atoms with Gasteiger partial charge in [0.2, 0.25) is 0 Å². The Balaban J connectivity index is 2.11. The number of carbonyl (C=O) groups excluding carboxylic acids is 2. The molecular weight excluding hydrogens is 238 g/mol. The molecule has 2 aliphatic rings. The smallest absolute Gasteiger partial charge is 0.254 e. The van der Waals surface area contributed by atoms with Crippen LogP contribution >= 0.6 is 0 Å². The molecule has 0 radical (unpaired) electrons. The van der Waals surface area contributed by atoms with E-state index in [2.05, 4.69) is 32.0 Å². The highest BCUT2D eigenvalue weighted by atomic mass is 16.2.